The zero-order chi connectivity index (χ0) is 19.3. The first-order chi connectivity index (χ1) is 12.4. The summed E-state index contributed by atoms with van der Waals surface area (Å²) >= 11 is 0. The molecule has 26 heavy (non-hydrogen) atoms. The van der Waals surface area contributed by atoms with Crippen LogP contribution >= 0.6 is 0 Å². The molecule has 0 fully saturated rings. The SMILES string of the molecule is CCCC(C)NC(=O)COC(=O)c1cn(CC)c2nc(C)ccc2c1=O. The fourth-order valence-corrected chi connectivity index (χ4v) is 2.78. The van der Waals surface area contributed by atoms with Crippen LogP contribution in [0.1, 0.15) is 49.7 Å². The minimum absolute atomic E-state index is 0.0125. The summed E-state index contributed by atoms with van der Waals surface area (Å²) in [5.41, 5.74) is 0.772. The van der Waals surface area contributed by atoms with Gasteiger partial charge in [-0.15, -0.1) is 0 Å². The normalized spacial score (nSPS) is 12.0. The molecule has 0 aromatic carbocycles. The number of rotatable bonds is 7. The average Bonchev–Trinajstić information content (AvgIpc) is 2.60. The molecule has 0 saturated heterocycles. The Morgan fingerprint density at radius 3 is 2.69 bits per heavy atom. The number of pyridine rings is 2. The molecule has 7 heteroatoms. The van der Waals surface area contributed by atoms with Gasteiger partial charge >= 0.3 is 5.97 Å². The van der Waals surface area contributed by atoms with Crippen LogP contribution in [0.5, 0.6) is 0 Å². The summed E-state index contributed by atoms with van der Waals surface area (Å²) in [6, 6.07) is 3.39. The highest BCUT2D eigenvalue weighted by atomic mass is 16.5. The van der Waals surface area contributed by atoms with Gasteiger partial charge in [-0.05, 0) is 39.3 Å². The van der Waals surface area contributed by atoms with E-state index in [1.165, 1.54) is 6.20 Å². The van der Waals surface area contributed by atoms with Crippen molar-refractivity contribution in [3.8, 4) is 0 Å². The third kappa shape index (κ3) is 4.47. The van der Waals surface area contributed by atoms with Crippen molar-refractivity contribution in [2.24, 2.45) is 0 Å². The Kier molecular flexibility index (Phi) is 6.49. The quantitative estimate of drug-likeness (QED) is 0.765. The number of carbonyl (C=O) groups is 2. The first-order valence-corrected chi connectivity index (χ1v) is 8.84. The molecule has 0 aliphatic heterocycles. The van der Waals surface area contributed by atoms with Crippen LogP contribution < -0.4 is 10.7 Å². The second-order valence-electron chi connectivity index (χ2n) is 6.32. The van der Waals surface area contributed by atoms with E-state index in [9.17, 15) is 14.4 Å². The van der Waals surface area contributed by atoms with Gasteiger partial charge in [0, 0.05) is 24.5 Å². The van der Waals surface area contributed by atoms with Crippen LogP contribution in [0.25, 0.3) is 11.0 Å². The molecule has 0 aliphatic carbocycles. The van der Waals surface area contributed by atoms with Gasteiger partial charge < -0.3 is 14.6 Å². The van der Waals surface area contributed by atoms with E-state index in [1.807, 2.05) is 27.7 Å². The van der Waals surface area contributed by atoms with Crippen molar-refractivity contribution >= 4 is 22.9 Å². The fourth-order valence-electron chi connectivity index (χ4n) is 2.78. The summed E-state index contributed by atoms with van der Waals surface area (Å²) in [6.45, 7) is 7.78. The zero-order valence-corrected chi connectivity index (χ0v) is 15.7. The molecule has 0 spiro atoms. The van der Waals surface area contributed by atoms with Gasteiger partial charge in [0.25, 0.3) is 5.91 Å². The molecule has 140 valence electrons. The molecular weight excluding hydrogens is 334 g/mol. The van der Waals surface area contributed by atoms with Crippen LogP contribution in [-0.2, 0) is 16.1 Å². The monoisotopic (exact) mass is 359 g/mol. The molecule has 2 heterocycles. The van der Waals surface area contributed by atoms with E-state index in [2.05, 4.69) is 10.3 Å². The molecular formula is C19H25N3O4. The summed E-state index contributed by atoms with van der Waals surface area (Å²) < 4.78 is 6.76. The van der Waals surface area contributed by atoms with Crippen LogP contribution in [0.4, 0.5) is 0 Å². The lowest BCUT2D eigenvalue weighted by atomic mass is 10.2. The first-order valence-electron chi connectivity index (χ1n) is 8.84. The number of fused-ring (bicyclic) bond motifs is 1. The van der Waals surface area contributed by atoms with Gasteiger partial charge in [-0.25, -0.2) is 9.78 Å². The van der Waals surface area contributed by atoms with Crippen molar-refractivity contribution in [1.82, 2.24) is 14.9 Å². The molecule has 2 aromatic rings. The molecule has 0 radical (unpaired) electrons. The number of nitrogens with one attached hydrogen (secondary N) is 1. The third-order valence-electron chi connectivity index (χ3n) is 4.08. The summed E-state index contributed by atoms with van der Waals surface area (Å²) in [6.07, 6.45) is 3.23. The number of ether oxygens (including phenoxy) is 1. The van der Waals surface area contributed by atoms with Crippen molar-refractivity contribution in [1.29, 1.82) is 0 Å². The van der Waals surface area contributed by atoms with E-state index in [1.54, 1.807) is 16.7 Å². The number of hydrogen-bond donors (Lipinski definition) is 1. The number of aromatic nitrogens is 2. The van der Waals surface area contributed by atoms with Gasteiger partial charge in [0.1, 0.15) is 11.2 Å². The summed E-state index contributed by atoms with van der Waals surface area (Å²) in [7, 11) is 0. The standard InChI is InChI=1S/C19H25N3O4/c1-5-7-12(3)20-16(23)11-26-19(25)15-10-22(6-2)18-14(17(15)24)9-8-13(4)21-18/h8-10,12H,5-7,11H2,1-4H3,(H,20,23). The van der Waals surface area contributed by atoms with E-state index in [0.29, 0.717) is 17.6 Å². The molecule has 1 unspecified atom stereocenters. The molecule has 0 bridgehead atoms. The summed E-state index contributed by atoms with van der Waals surface area (Å²) in [5.74, 6) is -1.19. The predicted molar refractivity (Wildman–Crippen MR) is 99.2 cm³/mol. The van der Waals surface area contributed by atoms with Crippen LogP contribution in [0.15, 0.2) is 23.1 Å². The van der Waals surface area contributed by atoms with E-state index < -0.39 is 18.0 Å². The first kappa shape index (κ1) is 19.6. The molecule has 1 atom stereocenters. The topological polar surface area (TPSA) is 90.3 Å². The number of hydrogen-bond acceptors (Lipinski definition) is 5. The van der Waals surface area contributed by atoms with E-state index in [4.69, 9.17) is 4.74 Å². The van der Waals surface area contributed by atoms with Gasteiger partial charge in [-0.1, -0.05) is 13.3 Å². The predicted octanol–water partition coefficient (Wildman–Crippen LogP) is 2.19. The van der Waals surface area contributed by atoms with Crippen molar-refractivity contribution in [2.45, 2.75) is 53.1 Å². The largest absolute Gasteiger partial charge is 0.452 e. The lowest BCUT2D eigenvalue weighted by Gasteiger charge is -2.13. The maximum atomic E-state index is 12.6. The molecule has 1 N–H and O–H groups in total. The Balaban J connectivity index is 2.20. The van der Waals surface area contributed by atoms with Gasteiger partial charge in [-0.2, -0.15) is 0 Å². The van der Waals surface area contributed by atoms with Crippen molar-refractivity contribution in [2.75, 3.05) is 6.61 Å². The molecule has 0 saturated carbocycles. The number of esters is 1. The van der Waals surface area contributed by atoms with Gasteiger partial charge in [0.2, 0.25) is 5.43 Å². The number of amides is 1. The van der Waals surface area contributed by atoms with Crippen molar-refractivity contribution in [3.63, 3.8) is 0 Å². The number of nitrogens with zero attached hydrogens (tertiary/aromatic N) is 2. The van der Waals surface area contributed by atoms with E-state index in [-0.39, 0.29) is 17.5 Å². The maximum absolute atomic E-state index is 12.6. The maximum Gasteiger partial charge on any atom is 0.344 e. The Labute approximate surface area is 152 Å². The van der Waals surface area contributed by atoms with Crippen molar-refractivity contribution < 1.29 is 14.3 Å². The molecule has 2 rings (SSSR count). The van der Waals surface area contributed by atoms with Crippen LogP contribution in [0, 0.1) is 6.92 Å². The molecule has 2 aromatic heterocycles. The average molecular weight is 359 g/mol. The van der Waals surface area contributed by atoms with Gasteiger partial charge in [0.15, 0.2) is 6.61 Å². The Morgan fingerprint density at radius 2 is 2.04 bits per heavy atom. The number of aryl methyl sites for hydroxylation is 2. The summed E-state index contributed by atoms with van der Waals surface area (Å²) in [5, 5.41) is 3.11. The molecule has 1 amide bonds. The van der Waals surface area contributed by atoms with Gasteiger partial charge in [0.05, 0.1) is 5.39 Å². The Morgan fingerprint density at radius 1 is 1.31 bits per heavy atom. The zero-order valence-electron chi connectivity index (χ0n) is 15.7. The van der Waals surface area contributed by atoms with Crippen LogP contribution in [0.3, 0.4) is 0 Å². The fraction of sp³-hybridized carbons (Fsp3) is 0.474. The lowest BCUT2D eigenvalue weighted by Crippen LogP contribution is -2.36. The van der Waals surface area contributed by atoms with Crippen LogP contribution in [0.2, 0.25) is 0 Å². The summed E-state index contributed by atoms with van der Waals surface area (Å²) in [4.78, 5) is 41.1. The third-order valence-corrected chi connectivity index (χ3v) is 4.08. The Bertz CT molecular complexity index is 873. The minimum Gasteiger partial charge on any atom is -0.452 e. The lowest BCUT2D eigenvalue weighted by molar-refractivity contribution is -0.124. The smallest absolute Gasteiger partial charge is 0.344 e. The highest BCUT2D eigenvalue weighted by Gasteiger charge is 2.18. The molecule has 7 nitrogen and oxygen atoms in total. The highest BCUT2D eigenvalue weighted by Crippen LogP contribution is 2.11. The minimum atomic E-state index is -0.807. The second kappa shape index (κ2) is 8.60. The highest BCUT2D eigenvalue weighted by molar-refractivity contribution is 5.94. The Hall–Kier alpha value is -2.70. The van der Waals surface area contributed by atoms with Crippen molar-refractivity contribution in [3.05, 3.63) is 39.8 Å². The second-order valence-corrected chi connectivity index (χ2v) is 6.32. The van der Waals surface area contributed by atoms with E-state index >= 15 is 0 Å². The number of carbonyl (C=O) groups excluding carboxylic acids is 2. The molecule has 0 aliphatic rings. The van der Waals surface area contributed by atoms with E-state index in [0.717, 1.165) is 18.5 Å². The van der Waals surface area contributed by atoms with Gasteiger partial charge in [-0.3, -0.25) is 9.59 Å². The van der Waals surface area contributed by atoms with Crippen LogP contribution in [-0.4, -0.2) is 34.1 Å².